The van der Waals surface area contributed by atoms with Crippen LogP contribution >= 0.6 is 0 Å². The molecule has 0 aliphatic carbocycles. The average Bonchev–Trinajstić information content (AvgIpc) is 2.27. The minimum Gasteiger partial charge on any atom is -0.497 e. The Kier molecular flexibility index (Phi) is 2.95. The predicted octanol–water partition coefficient (Wildman–Crippen LogP) is 1.58. The third kappa shape index (κ3) is 2.36. The van der Waals surface area contributed by atoms with E-state index in [9.17, 15) is 4.79 Å². The first-order chi connectivity index (χ1) is 8.10. The smallest absolute Gasteiger partial charge is 0.221 e. The van der Waals surface area contributed by atoms with Gasteiger partial charge in [0.25, 0.3) is 0 Å². The molecule has 4 heteroatoms. The van der Waals surface area contributed by atoms with Gasteiger partial charge in [-0.25, -0.2) is 0 Å². The molecule has 88 valence electrons. The summed E-state index contributed by atoms with van der Waals surface area (Å²) in [4.78, 5) is 15.4. The average molecular weight is 230 g/mol. The number of aryl methyl sites for hydroxylation is 1. The number of carbonyl (C=O) groups excluding carboxylic acids is 1. The molecule has 0 atom stereocenters. The molecular formula is C13H14N2O2. The number of methoxy groups -OCH3 is 1. The molecule has 0 radical (unpaired) electrons. The number of ether oxygens (including phenoxy) is 1. The number of aromatic nitrogens is 1. The number of hydrogen-bond acceptors (Lipinski definition) is 3. The van der Waals surface area contributed by atoms with Crippen molar-refractivity contribution in [3.05, 3.63) is 35.5 Å². The Balaban J connectivity index is 2.63. The largest absolute Gasteiger partial charge is 0.497 e. The molecule has 4 nitrogen and oxygen atoms in total. The third-order valence-electron chi connectivity index (χ3n) is 2.60. The monoisotopic (exact) mass is 230 g/mol. The number of nitrogens with zero attached hydrogens (tertiary/aromatic N) is 1. The number of fused-ring (bicyclic) bond motifs is 1. The second-order valence-electron chi connectivity index (χ2n) is 3.95. The number of benzene rings is 1. The molecule has 1 amide bonds. The highest BCUT2D eigenvalue weighted by molar-refractivity contribution is 5.88. The summed E-state index contributed by atoms with van der Waals surface area (Å²) in [6.45, 7) is 1.89. The van der Waals surface area contributed by atoms with Crippen molar-refractivity contribution in [1.29, 1.82) is 0 Å². The Labute approximate surface area is 99.4 Å². The molecule has 0 saturated heterocycles. The molecule has 0 spiro atoms. The Morgan fingerprint density at radius 1 is 1.41 bits per heavy atom. The molecule has 2 N–H and O–H groups in total. The summed E-state index contributed by atoms with van der Waals surface area (Å²) in [5, 5.41) is 0.940. The Morgan fingerprint density at radius 2 is 2.18 bits per heavy atom. The van der Waals surface area contributed by atoms with Gasteiger partial charge in [0.2, 0.25) is 5.91 Å². The predicted molar refractivity (Wildman–Crippen MR) is 65.9 cm³/mol. The molecule has 2 rings (SSSR count). The van der Waals surface area contributed by atoms with Gasteiger partial charge in [-0.2, -0.15) is 0 Å². The Bertz CT molecular complexity index is 579. The fourth-order valence-electron chi connectivity index (χ4n) is 1.89. The van der Waals surface area contributed by atoms with Crippen LogP contribution in [0, 0.1) is 6.92 Å². The molecule has 1 heterocycles. The highest BCUT2D eigenvalue weighted by Gasteiger charge is 2.07. The van der Waals surface area contributed by atoms with E-state index < -0.39 is 0 Å². The minimum absolute atomic E-state index is 0.228. The number of carbonyl (C=O) groups is 1. The molecule has 2 aromatic rings. The number of hydrogen-bond donors (Lipinski definition) is 1. The van der Waals surface area contributed by atoms with E-state index in [4.69, 9.17) is 10.5 Å². The lowest BCUT2D eigenvalue weighted by Crippen LogP contribution is -2.14. The van der Waals surface area contributed by atoms with Gasteiger partial charge in [-0.3, -0.25) is 9.78 Å². The zero-order valence-electron chi connectivity index (χ0n) is 9.86. The van der Waals surface area contributed by atoms with Crippen LogP contribution in [0.4, 0.5) is 0 Å². The molecule has 0 aliphatic rings. The lowest BCUT2D eigenvalue weighted by Gasteiger charge is -2.07. The summed E-state index contributed by atoms with van der Waals surface area (Å²) < 4.78 is 5.15. The molecule has 17 heavy (non-hydrogen) atoms. The lowest BCUT2D eigenvalue weighted by atomic mass is 10.0. The molecule has 0 saturated carbocycles. The van der Waals surface area contributed by atoms with Crippen LogP contribution < -0.4 is 10.5 Å². The maximum Gasteiger partial charge on any atom is 0.221 e. The van der Waals surface area contributed by atoms with Gasteiger partial charge in [-0.1, -0.05) is 0 Å². The summed E-state index contributed by atoms with van der Waals surface area (Å²) in [6, 6.07) is 7.50. The van der Waals surface area contributed by atoms with E-state index >= 15 is 0 Å². The van der Waals surface area contributed by atoms with Gasteiger partial charge in [-0.05, 0) is 30.7 Å². The molecule has 0 aliphatic heterocycles. The zero-order chi connectivity index (χ0) is 12.4. The maximum absolute atomic E-state index is 11.0. The van der Waals surface area contributed by atoms with Gasteiger partial charge in [0.05, 0.1) is 19.0 Å². The summed E-state index contributed by atoms with van der Waals surface area (Å²) in [6.07, 6.45) is 0.228. The highest BCUT2D eigenvalue weighted by Crippen LogP contribution is 2.23. The molecule has 0 unspecified atom stereocenters. The van der Waals surface area contributed by atoms with Crippen molar-refractivity contribution < 1.29 is 9.53 Å². The van der Waals surface area contributed by atoms with Crippen LogP contribution in [0.25, 0.3) is 10.9 Å². The number of primary amides is 1. The van der Waals surface area contributed by atoms with E-state index in [1.54, 1.807) is 7.11 Å². The van der Waals surface area contributed by atoms with E-state index in [0.29, 0.717) is 0 Å². The van der Waals surface area contributed by atoms with Crippen LogP contribution in [0.3, 0.4) is 0 Å². The normalized spacial score (nSPS) is 10.5. The Hall–Kier alpha value is -2.10. The standard InChI is InChI=1S/C13H14N2O2/c1-8-5-9(6-13(14)16)11-4-3-10(17-2)7-12(11)15-8/h3-5,7H,6H2,1-2H3,(H2,14,16). The first-order valence-electron chi connectivity index (χ1n) is 5.32. The van der Waals surface area contributed by atoms with Crippen LogP contribution in [0.2, 0.25) is 0 Å². The summed E-state index contributed by atoms with van der Waals surface area (Å²) in [5.74, 6) is 0.411. The second kappa shape index (κ2) is 4.41. The van der Waals surface area contributed by atoms with Crippen molar-refractivity contribution in [3.63, 3.8) is 0 Å². The molecule has 0 bridgehead atoms. The first kappa shape index (κ1) is 11.4. The zero-order valence-corrected chi connectivity index (χ0v) is 9.86. The van der Waals surface area contributed by atoms with Crippen LogP contribution in [0.1, 0.15) is 11.3 Å². The van der Waals surface area contributed by atoms with Crippen LogP contribution in [0.15, 0.2) is 24.3 Å². The number of amides is 1. The Morgan fingerprint density at radius 3 is 2.82 bits per heavy atom. The lowest BCUT2D eigenvalue weighted by molar-refractivity contribution is -0.117. The van der Waals surface area contributed by atoms with E-state index in [2.05, 4.69) is 4.98 Å². The first-order valence-corrected chi connectivity index (χ1v) is 5.32. The number of nitrogens with two attached hydrogens (primary N) is 1. The van der Waals surface area contributed by atoms with E-state index in [0.717, 1.165) is 27.9 Å². The molecule has 0 fully saturated rings. The summed E-state index contributed by atoms with van der Waals surface area (Å²) in [5.41, 5.74) is 7.83. The molecular weight excluding hydrogens is 216 g/mol. The van der Waals surface area contributed by atoms with Crippen LogP contribution in [-0.2, 0) is 11.2 Å². The number of rotatable bonds is 3. The highest BCUT2D eigenvalue weighted by atomic mass is 16.5. The second-order valence-corrected chi connectivity index (χ2v) is 3.95. The van der Waals surface area contributed by atoms with E-state index in [-0.39, 0.29) is 12.3 Å². The van der Waals surface area contributed by atoms with Gasteiger partial charge >= 0.3 is 0 Å². The minimum atomic E-state index is -0.340. The van der Waals surface area contributed by atoms with Crippen molar-refractivity contribution in [2.45, 2.75) is 13.3 Å². The SMILES string of the molecule is COc1ccc2c(CC(N)=O)cc(C)nc2c1. The molecule has 1 aromatic carbocycles. The number of pyridine rings is 1. The van der Waals surface area contributed by atoms with Gasteiger partial charge in [0.1, 0.15) is 5.75 Å². The van der Waals surface area contributed by atoms with Gasteiger partial charge in [-0.15, -0.1) is 0 Å². The van der Waals surface area contributed by atoms with Gasteiger partial charge in [0, 0.05) is 17.1 Å². The topological polar surface area (TPSA) is 65.2 Å². The fourth-order valence-corrected chi connectivity index (χ4v) is 1.89. The van der Waals surface area contributed by atoms with Gasteiger partial charge < -0.3 is 10.5 Å². The van der Waals surface area contributed by atoms with Crippen molar-refractivity contribution in [3.8, 4) is 5.75 Å². The van der Waals surface area contributed by atoms with Crippen LogP contribution in [-0.4, -0.2) is 18.0 Å². The van der Waals surface area contributed by atoms with Gasteiger partial charge in [0.15, 0.2) is 0 Å². The van der Waals surface area contributed by atoms with Crippen molar-refractivity contribution in [2.75, 3.05) is 7.11 Å². The maximum atomic E-state index is 11.0. The van der Waals surface area contributed by atoms with Crippen LogP contribution in [0.5, 0.6) is 5.75 Å². The third-order valence-corrected chi connectivity index (χ3v) is 2.60. The van der Waals surface area contributed by atoms with E-state index in [1.807, 2.05) is 31.2 Å². The summed E-state index contributed by atoms with van der Waals surface area (Å²) in [7, 11) is 1.61. The quantitative estimate of drug-likeness (QED) is 0.870. The van der Waals surface area contributed by atoms with Crippen molar-refractivity contribution in [2.24, 2.45) is 5.73 Å². The summed E-state index contributed by atoms with van der Waals surface area (Å²) >= 11 is 0. The van der Waals surface area contributed by atoms with Crippen molar-refractivity contribution >= 4 is 16.8 Å². The van der Waals surface area contributed by atoms with E-state index in [1.165, 1.54) is 0 Å². The van der Waals surface area contributed by atoms with Crippen molar-refractivity contribution in [1.82, 2.24) is 4.98 Å². The fraction of sp³-hybridized carbons (Fsp3) is 0.231. The molecule has 1 aromatic heterocycles.